The van der Waals surface area contributed by atoms with Gasteiger partial charge >= 0.3 is 6.18 Å². The average Bonchev–Trinajstić information content (AvgIpc) is 2.25. The number of hydrogen-bond acceptors (Lipinski definition) is 2. The molecular formula is C11H11F3O2. The fourth-order valence-corrected chi connectivity index (χ4v) is 1.15. The van der Waals surface area contributed by atoms with E-state index in [1.807, 2.05) is 0 Å². The molecule has 1 aromatic rings. The van der Waals surface area contributed by atoms with Gasteiger partial charge < -0.3 is 9.84 Å². The van der Waals surface area contributed by atoms with Crippen molar-refractivity contribution >= 4 is 6.08 Å². The van der Waals surface area contributed by atoms with Gasteiger partial charge in [-0.1, -0.05) is 18.7 Å². The zero-order valence-corrected chi connectivity index (χ0v) is 8.42. The van der Waals surface area contributed by atoms with E-state index >= 15 is 0 Å². The van der Waals surface area contributed by atoms with Gasteiger partial charge in [0.2, 0.25) is 0 Å². The van der Waals surface area contributed by atoms with E-state index < -0.39 is 12.8 Å². The highest BCUT2D eigenvalue weighted by atomic mass is 19.4. The van der Waals surface area contributed by atoms with E-state index in [1.165, 1.54) is 18.2 Å². The van der Waals surface area contributed by atoms with Crippen LogP contribution in [0.25, 0.3) is 6.08 Å². The SMILES string of the molecule is C=Cc1ccc(OCC(F)(F)F)c(CO)c1. The first-order chi connectivity index (χ1) is 7.46. The lowest BCUT2D eigenvalue weighted by Gasteiger charge is -2.12. The largest absolute Gasteiger partial charge is 0.484 e. The maximum Gasteiger partial charge on any atom is 0.422 e. The Hall–Kier alpha value is -1.49. The number of ether oxygens (including phenoxy) is 1. The summed E-state index contributed by atoms with van der Waals surface area (Å²) in [7, 11) is 0. The molecule has 0 aliphatic heterocycles. The van der Waals surface area contributed by atoms with Crippen LogP contribution in [0.5, 0.6) is 5.75 Å². The maximum absolute atomic E-state index is 11.9. The van der Waals surface area contributed by atoms with Crippen molar-refractivity contribution in [2.75, 3.05) is 6.61 Å². The van der Waals surface area contributed by atoms with E-state index in [9.17, 15) is 13.2 Å². The molecule has 5 heteroatoms. The topological polar surface area (TPSA) is 29.5 Å². The standard InChI is InChI=1S/C11H11F3O2/c1-2-8-3-4-10(9(5-8)6-15)16-7-11(12,13)14/h2-5,15H,1,6-7H2. The van der Waals surface area contributed by atoms with E-state index in [0.29, 0.717) is 11.1 Å². The summed E-state index contributed by atoms with van der Waals surface area (Å²) in [5.74, 6) is 0.0328. The first-order valence-corrected chi connectivity index (χ1v) is 4.52. The molecule has 0 radical (unpaired) electrons. The number of aliphatic hydroxyl groups excluding tert-OH is 1. The molecule has 0 saturated carbocycles. The molecule has 0 aliphatic rings. The third kappa shape index (κ3) is 3.58. The minimum atomic E-state index is -4.39. The average molecular weight is 232 g/mol. The van der Waals surface area contributed by atoms with Gasteiger partial charge in [-0.3, -0.25) is 0 Å². The van der Waals surface area contributed by atoms with Crippen LogP contribution >= 0.6 is 0 Å². The highest BCUT2D eigenvalue weighted by molar-refractivity contribution is 5.51. The van der Waals surface area contributed by atoms with Gasteiger partial charge in [-0.2, -0.15) is 13.2 Å². The van der Waals surface area contributed by atoms with Crippen molar-refractivity contribution in [3.05, 3.63) is 35.9 Å². The predicted molar refractivity (Wildman–Crippen MR) is 54.0 cm³/mol. The molecule has 0 heterocycles. The number of hydrogen-bond donors (Lipinski definition) is 1. The molecule has 2 nitrogen and oxygen atoms in total. The van der Waals surface area contributed by atoms with Crippen LogP contribution < -0.4 is 4.74 Å². The molecule has 0 fully saturated rings. The van der Waals surface area contributed by atoms with Crippen LogP contribution in [0.3, 0.4) is 0 Å². The summed E-state index contributed by atoms with van der Waals surface area (Å²) < 4.78 is 40.3. The van der Waals surface area contributed by atoms with Crippen molar-refractivity contribution < 1.29 is 23.0 Å². The van der Waals surface area contributed by atoms with Crippen molar-refractivity contribution in [1.29, 1.82) is 0 Å². The second kappa shape index (κ2) is 5.03. The van der Waals surface area contributed by atoms with Crippen molar-refractivity contribution in [3.8, 4) is 5.75 Å². The Labute approximate surface area is 91.0 Å². The molecule has 0 unspecified atom stereocenters. The Morgan fingerprint density at radius 2 is 2.06 bits per heavy atom. The van der Waals surface area contributed by atoms with Gasteiger partial charge in [-0.15, -0.1) is 0 Å². The third-order valence-corrected chi connectivity index (χ3v) is 1.88. The summed E-state index contributed by atoms with van der Waals surface area (Å²) in [5.41, 5.74) is 1.02. The van der Waals surface area contributed by atoms with Gasteiger partial charge in [0.1, 0.15) is 5.75 Å². The quantitative estimate of drug-likeness (QED) is 0.864. The molecule has 16 heavy (non-hydrogen) atoms. The van der Waals surface area contributed by atoms with Gasteiger partial charge in [0.05, 0.1) is 6.61 Å². The van der Waals surface area contributed by atoms with E-state index in [0.717, 1.165) is 0 Å². The molecule has 0 aromatic heterocycles. The fourth-order valence-electron chi connectivity index (χ4n) is 1.15. The number of benzene rings is 1. The molecular weight excluding hydrogens is 221 g/mol. The minimum absolute atomic E-state index is 0.0328. The van der Waals surface area contributed by atoms with Crippen LogP contribution in [-0.2, 0) is 6.61 Å². The summed E-state index contributed by atoms with van der Waals surface area (Å²) in [4.78, 5) is 0. The van der Waals surface area contributed by atoms with Crippen molar-refractivity contribution in [1.82, 2.24) is 0 Å². The first kappa shape index (κ1) is 12.6. The summed E-state index contributed by atoms with van der Waals surface area (Å²) >= 11 is 0. The smallest absolute Gasteiger partial charge is 0.422 e. The zero-order chi connectivity index (χ0) is 12.2. The summed E-state index contributed by atoms with van der Waals surface area (Å²) in [6.07, 6.45) is -2.85. The molecule has 0 saturated heterocycles. The minimum Gasteiger partial charge on any atom is -0.484 e. The lowest BCUT2D eigenvalue weighted by atomic mass is 10.1. The van der Waals surface area contributed by atoms with Crippen LogP contribution in [0.4, 0.5) is 13.2 Å². The summed E-state index contributed by atoms with van der Waals surface area (Å²) in [6, 6.07) is 4.48. The normalized spacial score (nSPS) is 11.2. The lowest BCUT2D eigenvalue weighted by Crippen LogP contribution is -2.19. The number of aliphatic hydroxyl groups is 1. The lowest BCUT2D eigenvalue weighted by molar-refractivity contribution is -0.153. The van der Waals surface area contributed by atoms with E-state index in [1.54, 1.807) is 6.07 Å². The second-order valence-corrected chi connectivity index (χ2v) is 3.13. The Balaban J connectivity index is 2.83. The first-order valence-electron chi connectivity index (χ1n) is 4.52. The van der Waals surface area contributed by atoms with Crippen LogP contribution in [-0.4, -0.2) is 17.9 Å². The van der Waals surface area contributed by atoms with Gasteiger partial charge in [-0.05, 0) is 17.7 Å². The maximum atomic E-state index is 11.9. The van der Waals surface area contributed by atoms with Crippen LogP contribution in [0.15, 0.2) is 24.8 Å². The highest BCUT2D eigenvalue weighted by Gasteiger charge is 2.28. The molecule has 0 atom stereocenters. The molecule has 1 aromatic carbocycles. The van der Waals surface area contributed by atoms with E-state index in [2.05, 4.69) is 11.3 Å². The van der Waals surface area contributed by atoms with Crippen molar-refractivity contribution in [2.45, 2.75) is 12.8 Å². The van der Waals surface area contributed by atoms with Crippen LogP contribution in [0.2, 0.25) is 0 Å². The monoisotopic (exact) mass is 232 g/mol. The third-order valence-electron chi connectivity index (χ3n) is 1.88. The second-order valence-electron chi connectivity index (χ2n) is 3.13. The number of halogens is 3. The predicted octanol–water partition coefficient (Wildman–Crippen LogP) is 2.76. The Morgan fingerprint density at radius 1 is 1.38 bits per heavy atom. The van der Waals surface area contributed by atoms with Crippen LogP contribution in [0.1, 0.15) is 11.1 Å². The molecule has 1 rings (SSSR count). The number of alkyl halides is 3. The molecule has 0 bridgehead atoms. The Morgan fingerprint density at radius 3 is 2.56 bits per heavy atom. The van der Waals surface area contributed by atoms with Crippen molar-refractivity contribution in [3.63, 3.8) is 0 Å². The zero-order valence-electron chi connectivity index (χ0n) is 8.42. The van der Waals surface area contributed by atoms with E-state index in [-0.39, 0.29) is 12.4 Å². The summed E-state index contributed by atoms with van der Waals surface area (Å²) in [6.45, 7) is 1.77. The number of rotatable bonds is 4. The van der Waals surface area contributed by atoms with E-state index in [4.69, 9.17) is 5.11 Å². The van der Waals surface area contributed by atoms with Gasteiger partial charge in [0.15, 0.2) is 6.61 Å². The fraction of sp³-hybridized carbons (Fsp3) is 0.273. The highest BCUT2D eigenvalue weighted by Crippen LogP contribution is 2.23. The van der Waals surface area contributed by atoms with Crippen LogP contribution in [0, 0.1) is 0 Å². The molecule has 88 valence electrons. The molecule has 0 spiro atoms. The summed E-state index contributed by atoms with van der Waals surface area (Å²) in [5, 5.41) is 8.97. The molecule has 1 N–H and O–H groups in total. The Bertz CT molecular complexity index is 372. The van der Waals surface area contributed by atoms with Gasteiger partial charge in [0, 0.05) is 5.56 Å². The van der Waals surface area contributed by atoms with Gasteiger partial charge in [-0.25, -0.2) is 0 Å². The molecule has 0 amide bonds. The Kier molecular flexibility index (Phi) is 3.95. The van der Waals surface area contributed by atoms with Crippen molar-refractivity contribution in [2.24, 2.45) is 0 Å². The molecule has 0 aliphatic carbocycles. The van der Waals surface area contributed by atoms with Gasteiger partial charge in [0.25, 0.3) is 0 Å².